The number of hydrogen-bond donors (Lipinski definition) is 3. The molecular weight excluding hydrogens is 434 g/mol. The van der Waals surface area contributed by atoms with E-state index in [4.69, 9.17) is 0 Å². The van der Waals surface area contributed by atoms with Crippen LogP contribution < -0.4 is 16.0 Å². The Balaban J connectivity index is 0.00000312. The Bertz CT molecular complexity index is 545. The molecule has 7 heteroatoms. The molecule has 3 N–H and O–H groups in total. The van der Waals surface area contributed by atoms with Crippen molar-refractivity contribution < 1.29 is 9.18 Å². The third kappa shape index (κ3) is 8.51. The van der Waals surface area contributed by atoms with Gasteiger partial charge in [0.15, 0.2) is 5.96 Å². The number of halogens is 2. The van der Waals surface area contributed by atoms with Gasteiger partial charge >= 0.3 is 0 Å². The Morgan fingerprint density at radius 1 is 1.16 bits per heavy atom. The lowest BCUT2D eigenvalue weighted by Crippen LogP contribution is -2.46. The van der Waals surface area contributed by atoms with E-state index < -0.39 is 0 Å². The van der Waals surface area contributed by atoms with Gasteiger partial charge in [0.2, 0.25) is 5.91 Å². The van der Waals surface area contributed by atoms with Gasteiger partial charge in [0.1, 0.15) is 5.82 Å². The Labute approximate surface area is 166 Å². The van der Waals surface area contributed by atoms with E-state index in [1.54, 1.807) is 12.1 Å². The first-order valence-electron chi connectivity index (χ1n) is 8.73. The molecule has 0 aromatic heterocycles. The third-order valence-electron chi connectivity index (χ3n) is 4.06. The second kappa shape index (κ2) is 12.1. The van der Waals surface area contributed by atoms with Gasteiger partial charge in [0.25, 0.3) is 0 Å². The molecule has 0 unspecified atom stereocenters. The normalized spacial score (nSPS) is 15.2. The van der Waals surface area contributed by atoms with Gasteiger partial charge in [-0.15, -0.1) is 24.0 Å². The van der Waals surface area contributed by atoms with Crippen LogP contribution in [0.3, 0.4) is 0 Å². The molecule has 0 atom stereocenters. The first-order chi connectivity index (χ1) is 11.7. The van der Waals surface area contributed by atoms with Crippen molar-refractivity contribution in [3.63, 3.8) is 0 Å². The number of aliphatic imine (C=N–C) groups is 1. The van der Waals surface area contributed by atoms with Crippen molar-refractivity contribution in [1.29, 1.82) is 0 Å². The monoisotopic (exact) mass is 462 g/mol. The zero-order valence-electron chi connectivity index (χ0n) is 14.7. The van der Waals surface area contributed by atoms with Crippen molar-refractivity contribution in [2.24, 2.45) is 4.99 Å². The number of nitrogens with one attached hydrogen (secondary N) is 3. The quantitative estimate of drug-likeness (QED) is 0.346. The van der Waals surface area contributed by atoms with Crippen LogP contribution >= 0.6 is 24.0 Å². The van der Waals surface area contributed by atoms with Crippen molar-refractivity contribution in [2.45, 2.75) is 51.6 Å². The van der Waals surface area contributed by atoms with Crippen LogP contribution in [0.15, 0.2) is 29.3 Å². The molecule has 25 heavy (non-hydrogen) atoms. The first kappa shape index (κ1) is 21.7. The second-order valence-corrected chi connectivity index (χ2v) is 6.08. The molecule has 1 amide bonds. The summed E-state index contributed by atoms with van der Waals surface area (Å²) in [5.74, 6) is 0.321. The van der Waals surface area contributed by atoms with E-state index in [9.17, 15) is 9.18 Å². The summed E-state index contributed by atoms with van der Waals surface area (Å²) >= 11 is 0. The minimum Gasteiger partial charge on any atom is -0.357 e. The number of guanidine groups is 1. The van der Waals surface area contributed by atoms with Gasteiger partial charge in [-0.1, -0.05) is 31.4 Å². The number of carbonyl (C=O) groups is 1. The van der Waals surface area contributed by atoms with Gasteiger partial charge in [-0.05, 0) is 37.5 Å². The SMILES string of the molecule is CCNC(=NCc1ccc(F)cc1)NCC(=O)NC1CCCCC1.I. The Hall–Kier alpha value is -1.38. The van der Waals surface area contributed by atoms with Gasteiger partial charge in [-0.3, -0.25) is 4.79 Å². The third-order valence-corrected chi connectivity index (χ3v) is 4.06. The summed E-state index contributed by atoms with van der Waals surface area (Å²) < 4.78 is 12.9. The van der Waals surface area contributed by atoms with Crippen LogP contribution in [0.25, 0.3) is 0 Å². The number of amides is 1. The summed E-state index contributed by atoms with van der Waals surface area (Å²) in [6.45, 7) is 3.31. The maximum Gasteiger partial charge on any atom is 0.239 e. The average molecular weight is 462 g/mol. The van der Waals surface area contributed by atoms with E-state index in [2.05, 4.69) is 20.9 Å². The summed E-state index contributed by atoms with van der Waals surface area (Å²) in [5, 5.41) is 9.22. The highest BCUT2D eigenvalue weighted by atomic mass is 127. The van der Waals surface area contributed by atoms with Crippen LogP contribution in [-0.4, -0.2) is 31.0 Å². The van der Waals surface area contributed by atoms with Crippen molar-refractivity contribution in [1.82, 2.24) is 16.0 Å². The van der Waals surface area contributed by atoms with Crippen LogP contribution in [0.1, 0.15) is 44.6 Å². The minimum atomic E-state index is -0.257. The van der Waals surface area contributed by atoms with E-state index in [0.717, 1.165) is 18.4 Å². The lowest BCUT2D eigenvalue weighted by atomic mass is 9.95. The van der Waals surface area contributed by atoms with Gasteiger partial charge in [-0.2, -0.15) is 0 Å². The van der Waals surface area contributed by atoms with Crippen LogP contribution in [0.2, 0.25) is 0 Å². The van der Waals surface area contributed by atoms with E-state index in [0.29, 0.717) is 25.1 Å². The number of hydrogen-bond acceptors (Lipinski definition) is 2. The van der Waals surface area contributed by atoms with E-state index in [1.165, 1.54) is 31.4 Å². The molecule has 140 valence electrons. The van der Waals surface area contributed by atoms with Gasteiger partial charge in [0.05, 0.1) is 13.1 Å². The lowest BCUT2D eigenvalue weighted by Gasteiger charge is -2.23. The molecule has 0 aliphatic heterocycles. The van der Waals surface area contributed by atoms with Crippen LogP contribution in [-0.2, 0) is 11.3 Å². The fourth-order valence-corrected chi connectivity index (χ4v) is 2.79. The fourth-order valence-electron chi connectivity index (χ4n) is 2.79. The molecule has 0 heterocycles. The molecule has 0 bridgehead atoms. The largest absolute Gasteiger partial charge is 0.357 e. The molecule has 2 rings (SSSR count). The number of carbonyl (C=O) groups excluding carboxylic acids is 1. The summed E-state index contributed by atoms with van der Waals surface area (Å²) in [7, 11) is 0. The highest BCUT2D eigenvalue weighted by Crippen LogP contribution is 2.17. The fraction of sp³-hybridized carbons (Fsp3) is 0.556. The minimum absolute atomic E-state index is 0. The predicted octanol–water partition coefficient (Wildman–Crippen LogP) is 2.95. The topological polar surface area (TPSA) is 65.5 Å². The lowest BCUT2D eigenvalue weighted by molar-refractivity contribution is -0.120. The molecule has 1 aliphatic carbocycles. The van der Waals surface area contributed by atoms with Crippen molar-refractivity contribution in [3.8, 4) is 0 Å². The number of nitrogens with zero attached hydrogens (tertiary/aromatic N) is 1. The summed E-state index contributed by atoms with van der Waals surface area (Å²) in [5.41, 5.74) is 0.917. The maximum atomic E-state index is 12.9. The van der Waals surface area contributed by atoms with Crippen molar-refractivity contribution >= 4 is 35.8 Å². The Kier molecular flexibility index (Phi) is 10.4. The summed E-state index contributed by atoms with van der Waals surface area (Å²) in [6, 6.07) is 6.56. The molecule has 0 saturated heterocycles. The molecule has 0 radical (unpaired) electrons. The second-order valence-electron chi connectivity index (χ2n) is 6.08. The zero-order valence-corrected chi connectivity index (χ0v) is 17.0. The van der Waals surface area contributed by atoms with Crippen LogP contribution in [0.4, 0.5) is 4.39 Å². The molecule has 1 fully saturated rings. The van der Waals surface area contributed by atoms with E-state index in [1.807, 2.05) is 6.92 Å². The number of benzene rings is 1. The van der Waals surface area contributed by atoms with Crippen LogP contribution in [0, 0.1) is 5.82 Å². The maximum absolute atomic E-state index is 12.9. The van der Waals surface area contributed by atoms with Gasteiger partial charge in [-0.25, -0.2) is 9.38 Å². The molecule has 0 spiro atoms. The van der Waals surface area contributed by atoms with Gasteiger partial charge in [0, 0.05) is 12.6 Å². The smallest absolute Gasteiger partial charge is 0.239 e. The van der Waals surface area contributed by atoms with E-state index in [-0.39, 0.29) is 42.2 Å². The van der Waals surface area contributed by atoms with Gasteiger partial charge < -0.3 is 16.0 Å². The zero-order chi connectivity index (χ0) is 17.2. The Morgan fingerprint density at radius 3 is 2.48 bits per heavy atom. The predicted molar refractivity (Wildman–Crippen MR) is 110 cm³/mol. The molecule has 1 aromatic rings. The highest BCUT2D eigenvalue weighted by molar-refractivity contribution is 14.0. The average Bonchev–Trinajstić information content (AvgIpc) is 2.59. The molecule has 1 aromatic carbocycles. The van der Waals surface area contributed by atoms with Crippen molar-refractivity contribution in [3.05, 3.63) is 35.6 Å². The number of rotatable bonds is 6. The van der Waals surface area contributed by atoms with E-state index >= 15 is 0 Å². The first-order valence-corrected chi connectivity index (χ1v) is 8.73. The standard InChI is InChI=1S/C18H27FN4O.HI/c1-2-20-18(21-12-14-8-10-15(19)11-9-14)22-13-17(24)23-16-6-4-3-5-7-16;/h8-11,16H,2-7,12-13H2,1H3,(H,23,24)(H2,20,21,22);1H. The highest BCUT2D eigenvalue weighted by Gasteiger charge is 2.15. The Morgan fingerprint density at radius 2 is 1.84 bits per heavy atom. The molecular formula is C18H28FIN4O. The summed E-state index contributed by atoms with van der Waals surface area (Å²) in [4.78, 5) is 16.5. The van der Waals surface area contributed by atoms with Crippen LogP contribution in [0.5, 0.6) is 0 Å². The molecule has 1 aliphatic rings. The summed E-state index contributed by atoms with van der Waals surface area (Å²) in [6.07, 6.45) is 5.81. The molecule has 1 saturated carbocycles. The van der Waals surface area contributed by atoms with Crippen molar-refractivity contribution in [2.75, 3.05) is 13.1 Å². The molecule has 5 nitrogen and oxygen atoms in total.